The van der Waals surface area contributed by atoms with Crippen LogP contribution in [-0.4, -0.2) is 24.7 Å². The van der Waals surface area contributed by atoms with Crippen LogP contribution in [0.2, 0.25) is 0 Å². The highest BCUT2D eigenvalue weighted by atomic mass is 79.9. The molecule has 0 unspecified atom stereocenters. The van der Waals surface area contributed by atoms with Gasteiger partial charge in [0.25, 0.3) is 5.91 Å². The molecular weight excluding hydrogens is 481 g/mol. The SMILES string of the molecule is N#Cc1cc(Br)ccc1OCC(=O)N/N=C\c1ccc(OC(=O)c2cccc(F)c2)cc1. The number of hydrazone groups is 1. The van der Waals surface area contributed by atoms with E-state index < -0.39 is 17.7 Å². The maximum Gasteiger partial charge on any atom is 0.343 e. The van der Waals surface area contributed by atoms with E-state index >= 15 is 0 Å². The van der Waals surface area contributed by atoms with Crippen molar-refractivity contribution in [2.24, 2.45) is 5.10 Å². The van der Waals surface area contributed by atoms with Gasteiger partial charge in [0.05, 0.1) is 17.3 Å². The molecule has 0 spiro atoms. The summed E-state index contributed by atoms with van der Waals surface area (Å²) >= 11 is 3.26. The summed E-state index contributed by atoms with van der Waals surface area (Å²) in [5, 5.41) is 12.9. The largest absolute Gasteiger partial charge is 0.482 e. The van der Waals surface area contributed by atoms with Crippen molar-refractivity contribution in [1.82, 2.24) is 5.43 Å². The number of carbonyl (C=O) groups is 2. The van der Waals surface area contributed by atoms with Crippen molar-refractivity contribution in [2.45, 2.75) is 0 Å². The molecule has 7 nitrogen and oxygen atoms in total. The number of amides is 1. The zero-order valence-corrected chi connectivity index (χ0v) is 18.0. The molecule has 1 amide bonds. The highest BCUT2D eigenvalue weighted by Gasteiger charge is 2.09. The molecule has 0 aliphatic rings. The molecule has 0 aromatic heterocycles. The predicted molar refractivity (Wildman–Crippen MR) is 118 cm³/mol. The second kappa shape index (κ2) is 10.8. The van der Waals surface area contributed by atoms with Gasteiger partial charge in [-0.25, -0.2) is 14.6 Å². The summed E-state index contributed by atoms with van der Waals surface area (Å²) < 4.78 is 24.5. The van der Waals surface area contributed by atoms with Crippen LogP contribution in [0.3, 0.4) is 0 Å². The molecule has 0 atom stereocenters. The number of hydrogen-bond donors (Lipinski definition) is 1. The number of halogens is 2. The first-order valence-corrected chi connectivity index (χ1v) is 9.96. The summed E-state index contributed by atoms with van der Waals surface area (Å²) in [6, 6.07) is 18.4. The first-order valence-electron chi connectivity index (χ1n) is 9.17. The van der Waals surface area contributed by atoms with Crippen LogP contribution in [0.1, 0.15) is 21.5 Å². The topological polar surface area (TPSA) is 101 Å². The van der Waals surface area contributed by atoms with Gasteiger partial charge in [-0.2, -0.15) is 10.4 Å². The van der Waals surface area contributed by atoms with E-state index in [1.54, 1.807) is 42.5 Å². The van der Waals surface area contributed by atoms with E-state index in [4.69, 9.17) is 14.7 Å². The van der Waals surface area contributed by atoms with E-state index in [0.717, 1.165) is 10.5 Å². The number of ether oxygens (including phenoxy) is 2. The molecule has 3 aromatic rings. The second-order valence-electron chi connectivity index (χ2n) is 6.30. The van der Waals surface area contributed by atoms with E-state index in [-0.39, 0.29) is 17.9 Å². The highest BCUT2D eigenvalue weighted by molar-refractivity contribution is 9.10. The maximum atomic E-state index is 13.2. The Bertz CT molecular complexity index is 1210. The van der Waals surface area contributed by atoms with Gasteiger partial charge in [0.2, 0.25) is 0 Å². The fourth-order valence-electron chi connectivity index (χ4n) is 2.47. The van der Waals surface area contributed by atoms with E-state index in [1.165, 1.54) is 24.4 Å². The molecule has 0 radical (unpaired) electrons. The minimum atomic E-state index is -0.677. The molecule has 0 bridgehead atoms. The van der Waals surface area contributed by atoms with Gasteiger partial charge in [0.15, 0.2) is 6.61 Å². The zero-order chi connectivity index (χ0) is 22.9. The highest BCUT2D eigenvalue weighted by Crippen LogP contribution is 2.22. The van der Waals surface area contributed by atoms with Crippen molar-refractivity contribution in [3.05, 3.63) is 93.7 Å². The van der Waals surface area contributed by atoms with E-state index in [2.05, 4.69) is 26.5 Å². The van der Waals surface area contributed by atoms with Gasteiger partial charge in [0.1, 0.15) is 23.4 Å². The van der Waals surface area contributed by atoms with Crippen molar-refractivity contribution in [1.29, 1.82) is 5.26 Å². The molecule has 160 valence electrons. The van der Waals surface area contributed by atoms with Gasteiger partial charge < -0.3 is 9.47 Å². The molecule has 0 heterocycles. The number of hydrogen-bond acceptors (Lipinski definition) is 6. The Morgan fingerprint density at radius 2 is 1.91 bits per heavy atom. The van der Waals surface area contributed by atoms with E-state index in [9.17, 15) is 14.0 Å². The summed E-state index contributed by atoms with van der Waals surface area (Å²) in [5.74, 6) is -1.15. The van der Waals surface area contributed by atoms with Crippen molar-refractivity contribution in [3.8, 4) is 17.6 Å². The summed E-state index contributed by atoms with van der Waals surface area (Å²) in [7, 11) is 0. The average molecular weight is 496 g/mol. The van der Waals surface area contributed by atoms with E-state index in [1.807, 2.05) is 6.07 Å². The second-order valence-corrected chi connectivity index (χ2v) is 7.22. The van der Waals surface area contributed by atoms with Crippen LogP contribution in [0.25, 0.3) is 0 Å². The minimum Gasteiger partial charge on any atom is -0.482 e. The third-order valence-electron chi connectivity index (χ3n) is 3.97. The Balaban J connectivity index is 1.49. The number of nitrogens with zero attached hydrogens (tertiary/aromatic N) is 2. The van der Waals surface area contributed by atoms with Crippen molar-refractivity contribution in [3.63, 3.8) is 0 Å². The van der Waals surface area contributed by atoms with Crippen LogP contribution in [0.5, 0.6) is 11.5 Å². The summed E-state index contributed by atoms with van der Waals surface area (Å²) in [4.78, 5) is 23.9. The lowest BCUT2D eigenvalue weighted by molar-refractivity contribution is -0.123. The van der Waals surface area contributed by atoms with Crippen LogP contribution in [-0.2, 0) is 4.79 Å². The van der Waals surface area contributed by atoms with Gasteiger partial charge in [-0.05, 0) is 66.2 Å². The average Bonchev–Trinajstić information content (AvgIpc) is 2.79. The lowest BCUT2D eigenvalue weighted by atomic mass is 10.2. The van der Waals surface area contributed by atoms with Gasteiger partial charge in [0, 0.05) is 4.47 Å². The third kappa shape index (κ3) is 6.48. The smallest absolute Gasteiger partial charge is 0.343 e. The Morgan fingerprint density at radius 3 is 2.62 bits per heavy atom. The van der Waals surface area contributed by atoms with Crippen LogP contribution in [0.15, 0.2) is 76.3 Å². The molecule has 0 fully saturated rings. The fraction of sp³-hybridized carbons (Fsp3) is 0.0435. The zero-order valence-electron chi connectivity index (χ0n) is 16.4. The van der Waals surface area contributed by atoms with Crippen LogP contribution in [0, 0.1) is 17.1 Å². The quantitative estimate of drug-likeness (QED) is 0.229. The summed E-state index contributed by atoms with van der Waals surface area (Å²) in [6.45, 7) is -0.317. The Kier molecular flexibility index (Phi) is 7.67. The number of rotatable bonds is 7. The molecule has 0 aliphatic heterocycles. The standard InChI is InChI=1S/C23H15BrFN3O4/c24-18-6-9-21(17(10-18)12-26)31-14-22(29)28-27-13-15-4-7-20(8-5-15)32-23(30)16-2-1-3-19(25)11-16/h1-11,13H,14H2,(H,28,29)/b27-13-. The van der Waals surface area contributed by atoms with Gasteiger partial charge in [-0.1, -0.05) is 22.0 Å². The molecule has 0 aliphatic carbocycles. The van der Waals surface area contributed by atoms with E-state index in [0.29, 0.717) is 16.9 Å². The summed E-state index contributed by atoms with van der Waals surface area (Å²) in [6.07, 6.45) is 1.40. The molecule has 0 saturated carbocycles. The lowest BCUT2D eigenvalue weighted by Gasteiger charge is -2.07. The third-order valence-corrected chi connectivity index (χ3v) is 4.47. The first-order chi connectivity index (χ1) is 15.4. The Hall–Kier alpha value is -4.03. The van der Waals surface area contributed by atoms with Crippen molar-refractivity contribution >= 4 is 34.0 Å². The van der Waals surface area contributed by atoms with Crippen LogP contribution >= 0.6 is 15.9 Å². The Labute approximate surface area is 191 Å². The number of benzene rings is 3. The minimum absolute atomic E-state index is 0.102. The monoisotopic (exact) mass is 495 g/mol. The molecule has 9 heteroatoms. The lowest BCUT2D eigenvalue weighted by Crippen LogP contribution is -2.24. The van der Waals surface area contributed by atoms with Crippen LogP contribution in [0.4, 0.5) is 4.39 Å². The Morgan fingerprint density at radius 1 is 1.12 bits per heavy atom. The molecule has 1 N–H and O–H groups in total. The first kappa shape index (κ1) is 22.7. The molecule has 3 aromatic carbocycles. The van der Waals surface area contributed by atoms with Crippen LogP contribution < -0.4 is 14.9 Å². The maximum absolute atomic E-state index is 13.2. The molecule has 3 rings (SSSR count). The van der Waals surface area contributed by atoms with Crippen molar-refractivity contribution in [2.75, 3.05) is 6.61 Å². The van der Waals surface area contributed by atoms with Crippen molar-refractivity contribution < 1.29 is 23.5 Å². The van der Waals surface area contributed by atoms with Gasteiger partial charge in [-0.3, -0.25) is 4.79 Å². The molecule has 32 heavy (non-hydrogen) atoms. The fourth-order valence-corrected chi connectivity index (χ4v) is 2.83. The van der Waals surface area contributed by atoms with Gasteiger partial charge in [-0.15, -0.1) is 0 Å². The molecule has 0 saturated heterocycles. The summed E-state index contributed by atoms with van der Waals surface area (Å²) in [5.41, 5.74) is 3.35. The molecular formula is C23H15BrFN3O4. The number of carbonyl (C=O) groups excluding carboxylic acids is 2. The normalized spacial score (nSPS) is 10.4. The number of esters is 1. The number of nitriles is 1. The predicted octanol–water partition coefficient (Wildman–Crippen LogP) is 4.21. The van der Waals surface area contributed by atoms with Gasteiger partial charge >= 0.3 is 5.97 Å². The number of nitrogens with one attached hydrogen (secondary N) is 1.